The van der Waals surface area contributed by atoms with Gasteiger partial charge in [-0.2, -0.15) is 11.8 Å². The van der Waals surface area contributed by atoms with Gasteiger partial charge in [0.05, 0.1) is 13.1 Å². The average Bonchev–Trinajstić information content (AvgIpc) is 2.34. The summed E-state index contributed by atoms with van der Waals surface area (Å²) < 4.78 is 0. The Labute approximate surface area is 106 Å². The first kappa shape index (κ1) is 12.7. The quantitative estimate of drug-likeness (QED) is 0.658. The van der Waals surface area contributed by atoms with Crippen molar-refractivity contribution >= 4 is 23.6 Å². The fourth-order valence-electron chi connectivity index (χ4n) is 2.07. The highest BCUT2D eigenvalue weighted by Gasteiger charge is 2.25. The molecule has 2 aliphatic rings. The van der Waals surface area contributed by atoms with Crippen LogP contribution in [0.3, 0.4) is 0 Å². The van der Waals surface area contributed by atoms with Gasteiger partial charge >= 0.3 is 0 Å². The van der Waals surface area contributed by atoms with Crippen LogP contribution < -0.4 is 0 Å². The van der Waals surface area contributed by atoms with Gasteiger partial charge in [-0.3, -0.25) is 14.5 Å². The Kier molecular flexibility index (Phi) is 4.28. The molecule has 2 amide bonds. The molecule has 0 aliphatic carbocycles. The number of rotatable bonds is 2. The lowest BCUT2D eigenvalue weighted by Crippen LogP contribution is -2.53. The minimum Gasteiger partial charge on any atom is -0.340 e. The normalized spacial score (nSPS) is 23.0. The van der Waals surface area contributed by atoms with Crippen LogP contribution >= 0.6 is 11.8 Å². The van der Waals surface area contributed by atoms with Gasteiger partial charge in [-0.1, -0.05) is 0 Å². The van der Waals surface area contributed by atoms with E-state index < -0.39 is 0 Å². The third kappa shape index (κ3) is 3.35. The molecule has 2 rings (SSSR count). The second-order valence-corrected chi connectivity index (χ2v) is 5.77. The SMILES string of the molecule is CN1CCN(CC(=O)N2CCSCC2)C(=O)C1. The Balaban J connectivity index is 1.83. The second-order valence-electron chi connectivity index (χ2n) is 4.55. The van der Waals surface area contributed by atoms with Crippen molar-refractivity contribution < 1.29 is 9.59 Å². The summed E-state index contributed by atoms with van der Waals surface area (Å²) >= 11 is 1.88. The van der Waals surface area contributed by atoms with Crippen LogP contribution in [-0.2, 0) is 9.59 Å². The van der Waals surface area contributed by atoms with Gasteiger partial charge < -0.3 is 9.80 Å². The number of piperazine rings is 1. The third-order valence-electron chi connectivity index (χ3n) is 3.20. The molecule has 0 atom stereocenters. The molecule has 5 nitrogen and oxygen atoms in total. The molecular formula is C11H19N3O2S. The van der Waals surface area contributed by atoms with Crippen LogP contribution in [0.2, 0.25) is 0 Å². The number of thioether (sulfide) groups is 1. The molecule has 0 unspecified atom stereocenters. The van der Waals surface area contributed by atoms with Crippen molar-refractivity contribution in [2.75, 3.05) is 57.8 Å². The zero-order valence-corrected chi connectivity index (χ0v) is 11.0. The van der Waals surface area contributed by atoms with E-state index in [1.165, 1.54) is 0 Å². The average molecular weight is 257 g/mol. The summed E-state index contributed by atoms with van der Waals surface area (Å²) in [6, 6.07) is 0. The molecule has 2 saturated heterocycles. The second kappa shape index (κ2) is 5.73. The van der Waals surface area contributed by atoms with Gasteiger partial charge in [0.25, 0.3) is 0 Å². The maximum atomic E-state index is 12.0. The van der Waals surface area contributed by atoms with E-state index in [4.69, 9.17) is 0 Å². The fourth-order valence-corrected chi connectivity index (χ4v) is 2.97. The number of hydrogen-bond donors (Lipinski definition) is 0. The van der Waals surface area contributed by atoms with E-state index in [-0.39, 0.29) is 18.4 Å². The van der Waals surface area contributed by atoms with E-state index in [9.17, 15) is 9.59 Å². The molecule has 0 spiro atoms. The molecular weight excluding hydrogens is 238 g/mol. The molecule has 6 heteroatoms. The fraction of sp³-hybridized carbons (Fsp3) is 0.818. The van der Waals surface area contributed by atoms with Crippen LogP contribution in [0.5, 0.6) is 0 Å². The number of carbonyl (C=O) groups excluding carboxylic acids is 2. The number of carbonyl (C=O) groups is 2. The first-order valence-electron chi connectivity index (χ1n) is 5.98. The lowest BCUT2D eigenvalue weighted by atomic mass is 10.3. The first-order valence-corrected chi connectivity index (χ1v) is 7.14. The van der Waals surface area contributed by atoms with Crippen LogP contribution in [0.25, 0.3) is 0 Å². The highest BCUT2D eigenvalue weighted by atomic mass is 32.2. The van der Waals surface area contributed by atoms with Gasteiger partial charge in [-0.25, -0.2) is 0 Å². The third-order valence-corrected chi connectivity index (χ3v) is 4.14. The number of likely N-dealkylation sites (N-methyl/N-ethyl adjacent to an activating group) is 1. The highest BCUT2D eigenvalue weighted by Crippen LogP contribution is 2.10. The summed E-state index contributed by atoms with van der Waals surface area (Å²) in [6.45, 7) is 3.87. The Hall–Kier alpha value is -0.750. The Morgan fingerprint density at radius 3 is 2.59 bits per heavy atom. The molecule has 96 valence electrons. The summed E-state index contributed by atoms with van der Waals surface area (Å²) in [5, 5.41) is 0. The number of nitrogens with zero attached hydrogens (tertiary/aromatic N) is 3. The summed E-state index contributed by atoms with van der Waals surface area (Å²) in [5.41, 5.74) is 0. The van der Waals surface area contributed by atoms with Gasteiger partial charge in [0.2, 0.25) is 11.8 Å². The summed E-state index contributed by atoms with van der Waals surface area (Å²) in [6.07, 6.45) is 0. The Morgan fingerprint density at radius 1 is 1.24 bits per heavy atom. The van der Waals surface area contributed by atoms with Gasteiger partial charge in [0, 0.05) is 37.7 Å². The lowest BCUT2D eigenvalue weighted by molar-refractivity contribution is -0.143. The van der Waals surface area contributed by atoms with Crippen LogP contribution in [0.15, 0.2) is 0 Å². The van der Waals surface area contributed by atoms with Gasteiger partial charge in [0.1, 0.15) is 0 Å². The standard InChI is InChI=1S/C11H19N3O2S/c1-12-2-3-14(10(15)8-12)9-11(16)13-4-6-17-7-5-13/h2-9H2,1H3. The molecule has 0 aromatic heterocycles. The van der Waals surface area contributed by atoms with Crippen LogP contribution in [-0.4, -0.2) is 84.3 Å². The molecule has 0 aromatic carbocycles. The van der Waals surface area contributed by atoms with E-state index in [0.717, 1.165) is 31.1 Å². The zero-order chi connectivity index (χ0) is 12.3. The van der Waals surface area contributed by atoms with E-state index in [0.29, 0.717) is 13.1 Å². The van der Waals surface area contributed by atoms with Crippen molar-refractivity contribution in [3.05, 3.63) is 0 Å². The van der Waals surface area contributed by atoms with Crippen molar-refractivity contribution in [3.8, 4) is 0 Å². The summed E-state index contributed by atoms with van der Waals surface area (Å²) in [4.78, 5) is 29.3. The smallest absolute Gasteiger partial charge is 0.242 e. The van der Waals surface area contributed by atoms with Gasteiger partial charge in [0.15, 0.2) is 0 Å². The Bertz CT molecular complexity index is 305. The van der Waals surface area contributed by atoms with E-state index in [1.807, 2.05) is 28.6 Å². The van der Waals surface area contributed by atoms with E-state index in [1.54, 1.807) is 4.90 Å². The van der Waals surface area contributed by atoms with E-state index in [2.05, 4.69) is 0 Å². The van der Waals surface area contributed by atoms with Gasteiger partial charge in [-0.15, -0.1) is 0 Å². The van der Waals surface area contributed by atoms with Crippen LogP contribution in [0, 0.1) is 0 Å². The van der Waals surface area contributed by atoms with Gasteiger partial charge in [-0.05, 0) is 7.05 Å². The minimum absolute atomic E-state index is 0.0680. The predicted molar refractivity (Wildman–Crippen MR) is 68.0 cm³/mol. The van der Waals surface area contributed by atoms with E-state index >= 15 is 0 Å². The lowest BCUT2D eigenvalue weighted by Gasteiger charge is -2.34. The molecule has 2 fully saturated rings. The molecule has 0 N–H and O–H groups in total. The van der Waals surface area contributed by atoms with Crippen LogP contribution in [0.1, 0.15) is 0 Å². The van der Waals surface area contributed by atoms with Crippen molar-refractivity contribution in [2.24, 2.45) is 0 Å². The Morgan fingerprint density at radius 2 is 1.94 bits per heavy atom. The molecule has 0 radical (unpaired) electrons. The predicted octanol–water partition coefficient (Wildman–Crippen LogP) is -0.664. The molecule has 0 saturated carbocycles. The number of amides is 2. The monoisotopic (exact) mass is 257 g/mol. The molecule has 0 aromatic rings. The highest BCUT2D eigenvalue weighted by molar-refractivity contribution is 7.99. The molecule has 2 heterocycles. The largest absolute Gasteiger partial charge is 0.340 e. The summed E-state index contributed by atoms with van der Waals surface area (Å²) in [7, 11) is 1.93. The molecule has 2 aliphatic heterocycles. The van der Waals surface area contributed by atoms with Crippen molar-refractivity contribution in [2.45, 2.75) is 0 Å². The van der Waals surface area contributed by atoms with Crippen molar-refractivity contribution in [1.82, 2.24) is 14.7 Å². The topological polar surface area (TPSA) is 43.9 Å². The number of hydrogen-bond acceptors (Lipinski definition) is 4. The van der Waals surface area contributed by atoms with Crippen molar-refractivity contribution in [1.29, 1.82) is 0 Å². The summed E-state index contributed by atoms with van der Waals surface area (Å²) in [5.74, 6) is 2.20. The molecule has 0 bridgehead atoms. The minimum atomic E-state index is 0.0680. The first-order chi connectivity index (χ1) is 8.16. The van der Waals surface area contributed by atoms with Crippen LogP contribution in [0.4, 0.5) is 0 Å². The maximum Gasteiger partial charge on any atom is 0.242 e. The maximum absolute atomic E-state index is 12.0. The zero-order valence-electron chi connectivity index (χ0n) is 10.2. The molecule has 17 heavy (non-hydrogen) atoms. The van der Waals surface area contributed by atoms with Crippen molar-refractivity contribution in [3.63, 3.8) is 0 Å².